The summed E-state index contributed by atoms with van der Waals surface area (Å²) in [7, 11) is 1.38. The fourth-order valence-electron chi connectivity index (χ4n) is 1.20. The summed E-state index contributed by atoms with van der Waals surface area (Å²) in [6.45, 7) is 1.30. The lowest BCUT2D eigenvalue weighted by atomic mass is 10.1. The largest absolute Gasteiger partial charge is 0.328 e. The lowest BCUT2D eigenvalue weighted by Crippen LogP contribution is -2.28. The van der Waals surface area contributed by atoms with Gasteiger partial charge in [-0.2, -0.15) is 5.26 Å². The van der Waals surface area contributed by atoms with Crippen LogP contribution in [0.4, 0.5) is 8.78 Å². The molecule has 1 amide bonds. The molecule has 0 aromatic heterocycles. The van der Waals surface area contributed by atoms with Crippen molar-refractivity contribution in [1.82, 2.24) is 4.90 Å². The van der Waals surface area contributed by atoms with Crippen molar-refractivity contribution in [3.8, 4) is 6.07 Å². The molecule has 0 aliphatic carbocycles. The average molecular weight is 224 g/mol. The summed E-state index contributed by atoms with van der Waals surface area (Å²) in [5.74, 6) is -2.25. The van der Waals surface area contributed by atoms with Crippen molar-refractivity contribution in [2.45, 2.75) is 6.92 Å². The standard InChI is InChI=1S/C11H10F2N2O/c1-7-5-8(10(13)6-9(7)12)11(16)15(2)4-3-14/h5-6H,4H2,1-2H3. The Kier molecular flexibility index (Phi) is 3.56. The number of nitrogens with zero attached hydrogens (tertiary/aromatic N) is 2. The molecule has 1 aromatic rings. The van der Waals surface area contributed by atoms with E-state index in [1.807, 2.05) is 0 Å². The normalized spacial score (nSPS) is 9.69. The fraction of sp³-hybridized carbons (Fsp3) is 0.273. The highest BCUT2D eigenvalue weighted by atomic mass is 19.1. The van der Waals surface area contributed by atoms with E-state index in [2.05, 4.69) is 0 Å². The summed E-state index contributed by atoms with van der Waals surface area (Å²) < 4.78 is 26.3. The molecular formula is C11H10F2N2O. The predicted octanol–water partition coefficient (Wildman–Crippen LogP) is 1.87. The first-order valence-corrected chi connectivity index (χ1v) is 4.55. The van der Waals surface area contributed by atoms with Crippen LogP contribution in [-0.4, -0.2) is 24.4 Å². The number of rotatable bonds is 2. The molecule has 0 unspecified atom stereocenters. The molecule has 0 heterocycles. The van der Waals surface area contributed by atoms with Crippen molar-refractivity contribution in [3.05, 3.63) is 34.9 Å². The van der Waals surface area contributed by atoms with E-state index in [4.69, 9.17) is 5.26 Å². The Morgan fingerprint density at radius 2 is 2.06 bits per heavy atom. The predicted molar refractivity (Wildman–Crippen MR) is 53.7 cm³/mol. The second-order valence-corrected chi connectivity index (χ2v) is 3.40. The van der Waals surface area contributed by atoms with Crippen LogP contribution in [0.25, 0.3) is 0 Å². The molecule has 0 aliphatic rings. The van der Waals surface area contributed by atoms with Gasteiger partial charge in [-0.25, -0.2) is 8.78 Å². The van der Waals surface area contributed by atoms with Crippen LogP contribution in [-0.2, 0) is 0 Å². The topological polar surface area (TPSA) is 44.1 Å². The van der Waals surface area contributed by atoms with E-state index < -0.39 is 17.5 Å². The highest BCUT2D eigenvalue weighted by Gasteiger charge is 2.17. The number of halogens is 2. The van der Waals surface area contributed by atoms with Gasteiger partial charge in [0, 0.05) is 13.1 Å². The van der Waals surface area contributed by atoms with E-state index in [-0.39, 0.29) is 17.7 Å². The van der Waals surface area contributed by atoms with Crippen LogP contribution >= 0.6 is 0 Å². The lowest BCUT2D eigenvalue weighted by molar-refractivity contribution is 0.0807. The van der Waals surface area contributed by atoms with Gasteiger partial charge in [0.15, 0.2) is 0 Å². The summed E-state index contributed by atoms with van der Waals surface area (Å²) in [6.07, 6.45) is 0. The van der Waals surface area contributed by atoms with Gasteiger partial charge < -0.3 is 4.90 Å². The highest BCUT2D eigenvalue weighted by Crippen LogP contribution is 2.15. The molecule has 0 spiro atoms. The monoisotopic (exact) mass is 224 g/mol. The summed E-state index contributed by atoms with van der Waals surface area (Å²) in [4.78, 5) is 12.7. The third kappa shape index (κ3) is 2.34. The molecule has 0 fully saturated rings. The molecule has 0 aliphatic heterocycles. The van der Waals surface area contributed by atoms with Crippen molar-refractivity contribution >= 4 is 5.91 Å². The van der Waals surface area contributed by atoms with Gasteiger partial charge >= 0.3 is 0 Å². The molecule has 3 nitrogen and oxygen atoms in total. The van der Waals surface area contributed by atoms with Crippen molar-refractivity contribution in [2.24, 2.45) is 0 Å². The Labute approximate surface area is 91.9 Å². The summed E-state index contributed by atoms with van der Waals surface area (Å²) in [5, 5.41) is 8.40. The Morgan fingerprint density at radius 1 is 1.44 bits per heavy atom. The summed E-state index contributed by atoms with van der Waals surface area (Å²) in [5.41, 5.74) is -0.0354. The number of amides is 1. The van der Waals surface area contributed by atoms with E-state index >= 15 is 0 Å². The number of carbonyl (C=O) groups excluding carboxylic acids is 1. The Balaban J connectivity index is 3.10. The van der Waals surface area contributed by atoms with Crippen molar-refractivity contribution < 1.29 is 13.6 Å². The van der Waals surface area contributed by atoms with Gasteiger partial charge in [0.25, 0.3) is 5.91 Å². The first-order chi connectivity index (χ1) is 7.47. The smallest absolute Gasteiger partial charge is 0.257 e. The van der Waals surface area contributed by atoms with Gasteiger partial charge in [-0.15, -0.1) is 0 Å². The van der Waals surface area contributed by atoms with E-state index in [1.165, 1.54) is 14.0 Å². The molecule has 0 atom stereocenters. The average Bonchev–Trinajstić information content (AvgIpc) is 2.23. The van der Waals surface area contributed by atoms with Crippen LogP contribution in [0.3, 0.4) is 0 Å². The Morgan fingerprint density at radius 3 is 2.62 bits per heavy atom. The number of hydrogen-bond donors (Lipinski definition) is 0. The molecule has 1 rings (SSSR count). The van der Waals surface area contributed by atoms with Crippen LogP contribution in [0.2, 0.25) is 0 Å². The SMILES string of the molecule is Cc1cc(C(=O)N(C)CC#N)c(F)cc1F. The zero-order valence-corrected chi connectivity index (χ0v) is 8.92. The minimum Gasteiger partial charge on any atom is -0.328 e. The van der Waals surface area contributed by atoms with E-state index in [1.54, 1.807) is 6.07 Å². The molecular weight excluding hydrogens is 214 g/mol. The first kappa shape index (κ1) is 12.1. The van der Waals surface area contributed by atoms with E-state index in [0.29, 0.717) is 6.07 Å². The van der Waals surface area contributed by atoms with Crippen LogP contribution in [0, 0.1) is 29.9 Å². The number of hydrogen-bond acceptors (Lipinski definition) is 2. The van der Waals surface area contributed by atoms with E-state index in [0.717, 1.165) is 11.0 Å². The van der Waals surface area contributed by atoms with Gasteiger partial charge in [-0.05, 0) is 18.6 Å². The minimum absolute atomic E-state index is 0.144. The van der Waals surface area contributed by atoms with Crippen molar-refractivity contribution in [2.75, 3.05) is 13.6 Å². The van der Waals surface area contributed by atoms with Gasteiger partial charge in [0.2, 0.25) is 0 Å². The number of carbonyl (C=O) groups is 1. The zero-order valence-electron chi connectivity index (χ0n) is 8.92. The van der Waals surface area contributed by atoms with Gasteiger partial charge in [0.05, 0.1) is 11.6 Å². The summed E-state index contributed by atoms with van der Waals surface area (Å²) >= 11 is 0. The van der Waals surface area contributed by atoms with Crippen molar-refractivity contribution in [3.63, 3.8) is 0 Å². The molecule has 0 radical (unpaired) electrons. The van der Waals surface area contributed by atoms with E-state index in [9.17, 15) is 13.6 Å². The summed E-state index contributed by atoms with van der Waals surface area (Å²) in [6, 6.07) is 3.58. The maximum atomic E-state index is 13.3. The number of aryl methyl sites for hydroxylation is 1. The minimum atomic E-state index is -0.919. The third-order valence-electron chi connectivity index (χ3n) is 2.13. The molecule has 1 aromatic carbocycles. The Bertz CT molecular complexity index is 466. The molecule has 0 N–H and O–H groups in total. The van der Waals surface area contributed by atoms with Crippen LogP contribution in [0.5, 0.6) is 0 Å². The second-order valence-electron chi connectivity index (χ2n) is 3.40. The lowest BCUT2D eigenvalue weighted by Gasteiger charge is -2.14. The molecule has 0 bridgehead atoms. The number of nitriles is 1. The van der Waals surface area contributed by atoms with Crippen molar-refractivity contribution in [1.29, 1.82) is 5.26 Å². The molecule has 16 heavy (non-hydrogen) atoms. The molecule has 0 saturated carbocycles. The maximum Gasteiger partial charge on any atom is 0.257 e. The van der Waals surface area contributed by atoms with Gasteiger partial charge in [0.1, 0.15) is 18.2 Å². The fourth-order valence-corrected chi connectivity index (χ4v) is 1.20. The van der Waals surface area contributed by atoms with Crippen LogP contribution in [0.15, 0.2) is 12.1 Å². The highest BCUT2D eigenvalue weighted by molar-refractivity contribution is 5.94. The van der Waals surface area contributed by atoms with Crippen LogP contribution in [0.1, 0.15) is 15.9 Å². The Hall–Kier alpha value is -1.96. The van der Waals surface area contributed by atoms with Crippen LogP contribution < -0.4 is 0 Å². The molecule has 5 heteroatoms. The van der Waals surface area contributed by atoms with Gasteiger partial charge in [-0.3, -0.25) is 4.79 Å². The quantitative estimate of drug-likeness (QED) is 0.720. The molecule has 0 saturated heterocycles. The third-order valence-corrected chi connectivity index (χ3v) is 2.13. The second kappa shape index (κ2) is 4.71. The number of benzene rings is 1. The van der Waals surface area contributed by atoms with Gasteiger partial charge in [-0.1, -0.05) is 0 Å². The molecule has 84 valence electrons. The maximum absolute atomic E-state index is 13.3. The first-order valence-electron chi connectivity index (χ1n) is 4.55. The zero-order chi connectivity index (χ0) is 12.3.